The van der Waals surface area contributed by atoms with E-state index in [0.29, 0.717) is 10.9 Å². The van der Waals surface area contributed by atoms with Crippen LogP contribution in [0.2, 0.25) is 0 Å². The molecule has 2 atom stereocenters. The lowest BCUT2D eigenvalue weighted by Gasteiger charge is -2.24. The molecule has 7 nitrogen and oxygen atoms in total. The fourth-order valence-electron chi connectivity index (χ4n) is 3.67. The lowest BCUT2D eigenvalue weighted by atomic mass is 10.1. The first-order valence-electron chi connectivity index (χ1n) is 9.98. The van der Waals surface area contributed by atoms with Crippen LogP contribution in [0.5, 0.6) is 5.75 Å². The van der Waals surface area contributed by atoms with Crippen LogP contribution in [-0.2, 0) is 14.6 Å². The number of carbonyl (C=O) groups excluding carboxylic acids is 1. The summed E-state index contributed by atoms with van der Waals surface area (Å²) in [5.41, 5.74) is 3.81. The monoisotopic (exact) mass is 459 g/mol. The number of anilines is 2. The van der Waals surface area contributed by atoms with Crippen molar-refractivity contribution in [3.8, 4) is 5.75 Å². The first-order valence-corrected chi connectivity index (χ1v) is 12.7. The number of amides is 1. The number of sulfone groups is 1. The molecule has 0 saturated carbocycles. The molecule has 31 heavy (non-hydrogen) atoms. The molecule has 2 aliphatic rings. The van der Waals surface area contributed by atoms with Gasteiger partial charge in [-0.3, -0.25) is 9.79 Å². The molecule has 9 heteroatoms. The molecule has 0 spiro atoms. The molecule has 0 aromatic heterocycles. The maximum atomic E-state index is 12.9. The van der Waals surface area contributed by atoms with Crippen molar-refractivity contribution in [1.29, 1.82) is 0 Å². The molecular weight excluding hydrogens is 434 g/mol. The number of nitrogens with one attached hydrogen (secondary N) is 1. The summed E-state index contributed by atoms with van der Waals surface area (Å²) in [7, 11) is -1.44. The quantitative estimate of drug-likeness (QED) is 0.740. The second-order valence-corrected chi connectivity index (χ2v) is 11.2. The minimum Gasteiger partial charge on any atom is -0.497 e. The van der Waals surface area contributed by atoms with Crippen LogP contribution in [0.25, 0.3) is 0 Å². The first-order chi connectivity index (χ1) is 14.7. The van der Waals surface area contributed by atoms with Gasteiger partial charge in [0.2, 0.25) is 5.91 Å². The summed E-state index contributed by atoms with van der Waals surface area (Å²) in [6.45, 7) is 4.10. The summed E-state index contributed by atoms with van der Waals surface area (Å²) >= 11 is 1.43. The predicted octanol–water partition coefficient (Wildman–Crippen LogP) is 3.03. The fraction of sp³-hybridized carbons (Fsp3) is 0.364. The van der Waals surface area contributed by atoms with Gasteiger partial charge in [0.15, 0.2) is 15.0 Å². The van der Waals surface area contributed by atoms with Gasteiger partial charge in [-0.15, -0.1) is 0 Å². The minimum atomic E-state index is -3.04. The van der Waals surface area contributed by atoms with Crippen LogP contribution in [0.15, 0.2) is 47.5 Å². The molecule has 1 amide bonds. The average molecular weight is 460 g/mol. The van der Waals surface area contributed by atoms with Crippen molar-refractivity contribution >= 4 is 44.0 Å². The van der Waals surface area contributed by atoms with Crippen molar-refractivity contribution in [2.45, 2.75) is 25.1 Å². The molecule has 0 aliphatic carbocycles. The number of benzene rings is 2. The van der Waals surface area contributed by atoms with Gasteiger partial charge >= 0.3 is 0 Å². The molecular formula is C22H25N3O4S2. The highest BCUT2D eigenvalue weighted by Crippen LogP contribution is 2.37. The van der Waals surface area contributed by atoms with Gasteiger partial charge in [0.1, 0.15) is 12.3 Å². The SMILES string of the molecule is COc1ccc(N(CC(=O)Nc2ccc(C)c(C)c2)C2=N[C@H]3CS(=O)(=O)C[C@@H]3S2)cc1. The number of fused-ring (bicyclic) bond motifs is 1. The number of hydrogen-bond donors (Lipinski definition) is 1. The van der Waals surface area contributed by atoms with E-state index in [0.717, 1.165) is 22.5 Å². The maximum absolute atomic E-state index is 12.9. The third kappa shape index (κ3) is 4.88. The molecule has 164 valence electrons. The van der Waals surface area contributed by atoms with Crippen LogP contribution in [0.1, 0.15) is 11.1 Å². The first kappa shape index (κ1) is 21.7. The summed E-state index contributed by atoms with van der Waals surface area (Å²) in [6, 6.07) is 13.0. The van der Waals surface area contributed by atoms with Crippen molar-refractivity contribution in [1.82, 2.24) is 0 Å². The third-order valence-corrected chi connectivity index (χ3v) is 8.76. The molecule has 2 aromatic carbocycles. The Labute approximate surface area is 186 Å². The molecule has 1 fully saturated rings. The summed E-state index contributed by atoms with van der Waals surface area (Å²) in [4.78, 5) is 19.4. The second kappa shape index (κ2) is 8.55. The maximum Gasteiger partial charge on any atom is 0.244 e. The normalized spacial score (nSPS) is 21.3. The Hall–Kier alpha value is -2.52. The van der Waals surface area contributed by atoms with E-state index in [9.17, 15) is 13.2 Å². The highest BCUT2D eigenvalue weighted by atomic mass is 32.2. The van der Waals surface area contributed by atoms with E-state index in [1.165, 1.54) is 11.8 Å². The standard InChI is InChI=1S/C22H25N3O4S2/c1-14-4-5-16(10-15(14)2)23-21(26)11-25(17-6-8-18(29-3)9-7-17)22-24-19-12-31(27,28)13-20(19)30-22/h4-10,19-20H,11-13H2,1-3H3,(H,23,26)/t19-,20-/m0/s1. The number of amidine groups is 1. The lowest BCUT2D eigenvalue weighted by Crippen LogP contribution is -2.36. The van der Waals surface area contributed by atoms with Gasteiger partial charge in [0.05, 0.1) is 24.7 Å². The van der Waals surface area contributed by atoms with E-state index in [2.05, 4.69) is 10.3 Å². The molecule has 4 rings (SSSR count). The summed E-state index contributed by atoms with van der Waals surface area (Å²) in [5, 5.41) is 3.53. The summed E-state index contributed by atoms with van der Waals surface area (Å²) in [5.74, 6) is 0.736. The lowest BCUT2D eigenvalue weighted by molar-refractivity contribution is -0.114. The Morgan fingerprint density at radius 1 is 1.16 bits per heavy atom. The predicted molar refractivity (Wildman–Crippen MR) is 126 cm³/mol. The molecule has 2 aliphatic heterocycles. The van der Waals surface area contributed by atoms with Crippen LogP contribution in [-0.4, -0.2) is 55.9 Å². The highest BCUT2D eigenvalue weighted by Gasteiger charge is 2.44. The van der Waals surface area contributed by atoms with Crippen molar-refractivity contribution in [2.75, 3.05) is 35.4 Å². The Morgan fingerprint density at radius 3 is 2.55 bits per heavy atom. The number of methoxy groups -OCH3 is 1. The zero-order chi connectivity index (χ0) is 22.2. The van der Waals surface area contributed by atoms with Crippen molar-refractivity contribution in [3.63, 3.8) is 0 Å². The molecule has 0 unspecified atom stereocenters. The van der Waals surface area contributed by atoms with E-state index in [1.54, 1.807) is 7.11 Å². The Kier molecular flexibility index (Phi) is 5.98. The number of nitrogens with zero attached hydrogens (tertiary/aromatic N) is 2. The largest absolute Gasteiger partial charge is 0.497 e. The Bertz CT molecular complexity index is 1130. The van der Waals surface area contributed by atoms with Crippen LogP contribution >= 0.6 is 11.8 Å². The number of ether oxygens (including phenoxy) is 1. The van der Waals surface area contributed by atoms with Gasteiger partial charge in [-0.1, -0.05) is 17.8 Å². The van der Waals surface area contributed by atoms with Gasteiger partial charge in [0, 0.05) is 16.6 Å². The average Bonchev–Trinajstić information content (AvgIpc) is 3.22. The van der Waals surface area contributed by atoms with E-state index in [1.807, 2.05) is 61.2 Å². The number of thioether (sulfide) groups is 1. The highest BCUT2D eigenvalue weighted by molar-refractivity contribution is 8.15. The minimum absolute atomic E-state index is 0.0667. The molecule has 0 radical (unpaired) electrons. The molecule has 0 bridgehead atoms. The number of aryl methyl sites for hydroxylation is 2. The van der Waals surface area contributed by atoms with Gasteiger partial charge in [-0.2, -0.15) is 0 Å². The molecule has 1 saturated heterocycles. The van der Waals surface area contributed by atoms with Gasteiger partial charge in [-0.25, -0.2) is 8.42 Å². The zero-order valence-corrected chi connectivity index (χ0v) is 19.3. The van der Waals surface area contributed by atoms with Gasteiger partial charge in [0.25, 0.3) is 0 Å². The van der Waals surface area contributed by atoms with Crippen LogP contribution in [0.4, 0.5) is 11.4 Å². The van der Waals surface area contributed by atoms with E-state index < -0.39 is 9.84 Å². The van der Waals surface area contributed by atoms with Crippen LogP contribution in [0, 0.1) is 13.8 Å². The smallest absolute Gasteiger partial charge is 0.244 e. The molecule has 2 aromatic rings. The fourth-order valence-corrected chi connectivity index (χ4v) is 7.45. The summed E-state index contributed by atoms with van der Waals surface area (Å²) in [6.07, 6.45) is 0. The van der Waals surface area contributed by atoms with E-state index >= 15 is 0 Å². The van der Waals surface area contributed by atoms with Crippen LogP contribution in [0.3, 0.4) is 0 Å². The van der Waals surface area contributed by atoms with Crippen molar-refractivity contribution in [2.24, 2.45) is 4.99 Å². The summed E-state index contributed by atoms with van der Waals surface area (Å²) < 4.78 is 29.1. The topological polar surface area (TPSA) is 88.1 Å². The van der Waals surface area contributed by atoms with E-state index in [4.69, 9.17) is 4.74 Å². The Balaban J connectivity index is 1.56. The number of hydrogen-bond acceptors (Lipinski definition) is 7. The van der Waals surface area contributed by atoms with Crippen molar-refractivity contribution < 1.29 is 17.9 Å². The van der Waals surface area contributed by atoms with Crippen molar-refractivity contribution in [3.05, 3.63) is 53.6 Å². The van der Waals surface area contributed by atoms with E-state index in [-0.39, 0.29) is 35.2 Å². The van der Waals surface area contributed by atoms with Crippen LogP contribution < -0.4 is 15.0 Å². The van der Waals surface area contributed by atoms with Gasteiger partial charge in [-0.05, 0) is 61.4 Å². The third-order valence-electron chi connectivity index (χ3n) is 5.51. The van der Waals surface area contributed by atoms with Gasteiger partial charge < -0.3 is 15.0 Å². The number of rotatable bonds is 5. The Morgan fingerprint density at radius 2 is 1.90 bits per heavy atom. The molecule has 1 N–H and O–H groups in total. The number of carbonyl (C=O) groups is 1. The number of aliphatic imine (C=N–C) groups is 1. The molecule has 2 heterocycles. The zero-order valence-electron chi connectivity index (χ0n) is 17.7. The second-order valence-electron chi connectivity index (χ2n) is 7.84.